The Balaban J connectivity index is 0.000000140. The zero-order chi connectivity index (χ0) is 69.5. The fourth-order valence-corrected chi connectivity index (χ4v) is 10.7. The summed E-state index contributed by atoms with van der Waals surface area (Å²) in [6, 6.07) is 7.61. The first-order valence-electron chi connectivity index (χ1n) is 31.4. The number of hydrogen-bond donors (Lipinski definition) is 10. The SMILES string of the molecule is CC(C)(O)C#Cc1cc2c(-c3cn[nH]c3)cn(CC(C)(C)O)c2cn1.CC(C)(O)C#Cc1cc2c(-c3cn[nH]c3)cn(CCCO)c2cn1.CC(O)(C#Cc1cc2c(cn1)CC=C2c1cn[nH]c1)c1nccs1.[2H]c1n[nH]c([2H])c1-c1cn(CC)c2cnc(C#CC(C)(C)O)cc12. The Morgan fingerprint density at radius 2 is 1.01 bits per heavy atom. The smallest absolute Gasteiger partial charge is 0.174 e. The van der Waals surface area contributed by atoms with E-state index in [9.17, 15) is 25.5 Å². The van der Waals surface area contributed by atoms with Gasteiger partial charge >= 0.3 is 0 Å². The highest BCUT2D eigenvalue weighted by atomic mass is 32.1. The average molecular weight is 1290 g/mol. The van der Waals surface area contributed by atoms with Crippen molar-refractivity contribution in [1.82, 2.24) is 79.4 Å². The number of nitrogens with one attached hydrogen (secondary N) is 4. The Morgan fingerprint density at radius 3 is 1.47 bits per heavy atom. The maximum absolute atomic E-state index is 10.5. The summed E-state index contributed by atoms with van der Waals surface area (Å²) in [7, 11) is 0. The van der Waals surface area contributed by atoms with Crippen LogP contribution < -0.4 is 0 Å². The molecule has 95 heavy (non-hydrogen) atoms. The lowest BCUT2D eigenvalue weighted by atomic mass is 10.0. The lowest BCUT2D eigenvalue weighted by Crippen LogP contribution is -2.25. The predicted octanol–water partition coefficient (Wildman–Crippen LogP) is 9.33. The van der Waals surface area contributed by atoms with Gasteiger partial charge in [-0.1, -0.05) is 29.8 Å². The van der Waals surface area contributed by atoms with Crippen LogP contribution >= 0.6 is 11.3 Å². The third kappa shape index (κ3) is 17.4. The van der Waals surface area contributed by atoms with Crippen molar-refractivity contribution in [3.8, 4) is 80.7 Å². The Kier molecular flexibility index (Phi) is 19.3. The minimum absolute atomic E-state index is 0.0380. The number of H-pyrrole nitrogens is 4. The van der Waals surface area contributed by atoms with Gasteiger partial charge in [0.25, 0.3) is 0 Å². The van der Waals surface area contributed by atoms with Crippen molar-refractivity contribution in [2.75, 3.05) is 6.61 Å². The van der Waals surface area contributed by atoms with E-state index in [4.69, 9.17) is 7.85 Å². The molecule has 10 N–H and O–H groups in total. The van der Waals surface area contributed by atoms with E-state index >= 15 is 0 Å². The van der Waals surface area contributed by atoms with Crippen molar-refractivity contribution in [2.45, 2.75) is 130 Å². The molecular weight excluding hydrogens is 1220 g/mol. The number of aromatic amines is 4. The Morgan fingerprint density at radius 1 is 0.537 bits per heavy atom. The molecule has 0 saturated heterocycles. The van der Waals surface area contributed by atoms with Crippen LogP contribution in [0.3, 0.4) is 0 Å². The summed E-state index contributed by atoms with van der Waals surface area (Å²) in [6.45, 7) is 19.0. The Bertz CT molecular complexity index is 5030. The third-order valence-electron chi connectivity index (χ3n) is 14.4. The summed E-state index contributed by atoms with van der Waals surface area (Å²) in [5, 5.41) is 91.1. The number of nitrogens with zero attached hydrogens (tertiary/aromatic N) is 12. The number of aromatic nitrogens is 16. The second-order valence-corrected chi connectivity index (χ2v) is 25.7. The zero-order valence-corrected chi connectivity index (χ0v) is 55.1. The molecule has 1 unspecified atom stereocenters. The molecule has 1 atom stereocenters. The second kappa shape index (κ2) is 28.3. The molecule has 0 spiro atoms. The van der Waals surface area contributed by atoms with Gasteiger partial charge in [0.05, 0.1) is 74.8 Å². The van der Waals surface area contributed by atoms with E-state index in [-0.39, 0.29) is 19.0 Å². The molecule has 12 aromatic heterocycles. The van der Waals surface area contributed by atoms with Crippen molar-refractivity contribution < 1.29 is 33.4 Å². The van der Waals surface area contributed by atoms with Crippen LogP contribution in [-0.2, 0) is 31.7 Å². The highest BCUT2D eigenvalue weighted by molar-refractivity contribution is 7.09. The fraction of sp³-hybridized carbons (Fsp3) is 0.292. The number of thiazole rings is 1. The van der Waals surface area contributed by atoms with Crippen LogP contribution in [0.5, 0.6) is 0 Å². The molecule has 12 heterocycles. The molecular formula is C72H74N16O6S. The summed E-state index contributed by atoms with van der Waals surface area (Å²) in [5.74, 6) is 22.9. The quantitative estimate of drug-likeness (QED) is 0.0539. The first kappa shape index (κ1) is 64.5. The molecule has 0 fully saturated rings. The van der Waals surface area contributed by atoms with Gasteiger partial charge in [-0.25, -0.2) is 24.9 Å². The lowest BCUT2D eigenvalue weighted by molar-refractivity contribution is 0.0628. The van der Waals surface area contributed by atoms with Crippen molar-refractivity contribution in [3.05, 3.63) is 179 Å². The van der Waals surface area contributed by atoms with E-state index < -0.39 is 28.0 Å². The molecule has 1 aliphatic carbocycles. The normalized spacial score (nSPS) is 12.9. The van der Waals surface area contributed by atoms with Crippen LogP contribution in [0.15, 0.2) is 135 Å². The van der Waals surface area contributed by atoms with Crippen LogP contribution in [-0.4, -0.2) is 139 Å². The predicted molar refractivity (Wildman–Crippen MR) is 367 cm³/mol. The molecule has 1 aliphatic rings. The van der Waals surface area contributed by atoms with Gasteiger partial charge in [-0.3, -0.25) is 20.4 Å². The summed E-state index contributed by atoms with van der Waals surface area (Å²) in [5.41, 5.74) is 9.42. The number of pyridine rings is 4. The topological polar surface area (TPSA) is 315 Å². The minimum atomic E-state index is -1.28. The number of hydrogen-bond acceptors (Lipinski definition) is 16. The van der Waals surface area contributed by atoms with Crippen LogP contribution in [0.4, 0.5) is 0 Å². The molecule has 23 heteroatoms. The number of rotatable bonds is 11. The van der Waals surface area contributed by atoms with Crippen LogP contribution in [0, 0.1) is 47.4 Å². The monoisotopic (exact) mass is 1290 g/mol. The number of aliphatic hydroxyl groups is 6. The molecule has 13 rings (SSSR count). The highest BCUT2D eigenvalue weighted by Gasteiger charge is 2.24. The molecule has 0 bridgehead atoms. The van der Waals surface area contributed by atoms with Gasteiger partial charge in [0, 0.05) is 136 Å². The molecule has 0 amide bonds. The summed E-state index contributed by atoms with van der Waals surface area (Å²) < 4.78 is 22.0. The maximum Gasteiger partial charge on any atom is 0.174 e. The van der Waals surface area contributed by atoms with Gasteiger partial charge in [-0.05, 0) is 147 Å². The first-order chi connectivity index (χ1) is 46.0. The molecule has 484 valence electrons. The lowest BCUT2D eigenvalue weighted by Gasteiger charge is -2.18. The van der Waals surface area contributed by atoms with Crippen LogP contribution in [0.2, 0.25) is 0 Å². The van der Waals surface area contributed by atoms with E-state index in [0.717, 1.165) is 90.2 Å². The number of aryl methyl sites for hydroxylation is 2. The molecule has 0 aliphatic heterocycles. The Labute approximate surface area is 556 Å². The molecule has 0 radical (unpaired) electrons. The van der Waals surface area contributed by atoms with Gasteiger partial charge in [0.1, 0.15) is 44.6 Å². The number of aliphatic hydroxyl groups excluding tert-OH is 1. The van der Waals surface area contributed by atoms with Crippen molar-refractivity contribution in [1.29, 1.82) is 0 Å². The van der Waals surface area contributed by atoms with Crippen LogP contribution in [0.1, 0.15) is 123 Å². The molecule has 12 aromatic rings. The van der Waals surface area contributed by atoms with Gasteiger partial charge in [-0.2, -0.15) is 20.4 Å². The van der Waals surface area contributed by atoms with Gasteiger partial charge in [-0.15, -0.1) is 11.3 Å². The van der Waals surface area contributed by atoms with Crippen molar-refractivity contribution in [2.24, 2.45) is 0 Å². The fourth-order valence-electron chi connectivity index (χ4n) is 10.1. The number of allylic oxidation sites excluding steroid dienone is 1. The van der Waals surface area contributed by atoms with Gasteiger partial charge in [0.2, 0.25) is 0 Å². The minimum Gasteiger partial charge on any atom is -0.396 e. The average Bonchev–Trinajstić information content (AvgIpc) is 1.53. The summed E-state index contributed by atoms with van der Waals surface area (Å²) >= 11 is 1.38. The number of fused-ring (bicyclic) bond motifs is 4. The molecule has 0 aromatic carbocycles. The van der Waals surface area contributed by atoms with Gasteiger partial charge in [0.15, 0.2) is 5.60 Å². The van der Waals surface area contributed by atoms with Crippen molar-refractivity contribution in [3.63, 3.8) is 0 Å². The van der Waals surface area contributed by atoms with E-state index in [1.54, 1.807) is 106 Å². The first-order valence-corrected chi connectivity index (χ1v) is 31.3. The summed E-state index contributed by atoms with van der Waals surface area (Å²) in [6.07, 6.45) is 29.4. The molecule has 0 saturated carbocycles. The van der Waals surface area contributed by atoms with Crippen LogP contribution in [0.25, 0.3) is 71.7 Å². The van der Waals surface area contributed by atoms with E-state index in [1.165, 1.54) is 16.9 Å². The maximum atomic E-state index is 10.5. The van der Waals surface area contributed by atoms with E-state index in [2.05, 4.69) is 124 Å². The Hall–Kier alpha value is -10.6. The third-order valence-corrected chi connectivity index (χ3v) is 15.4. The van der Waals surface area contributed by atoms with E-state index in [1.807, 2.05) is 89.1 Å². The molecule has 22 nitrogen and oxygen atoms in total. The van der Waals surface area contributed by atoms with E-state index in [0.29, 0.717) is 52.9 Å². The standard InChI is InChI=1S/C19H22N4O2.C18H20N4O2.C18H14N4OS.C17H18N4O/c1-18(2,24)6-5-14-7-15-16(13-8-21-22-9-13)11-23(12-19(3,4)25)17(15)10-20-14;1-18(2,24)5-4-14-8-15-16(13-9-20-21-10-13)12-22(6-3-7-23)17(15)11-19-14;1-18(23,17-19-6-7-24-17)5-4-14-8-16-12(9-20-14)2-3-15(16)13-10-21-22-11-13;1-4-21-11-15(12-8-19-20-9-12)14-7-13(18-10-16(14)21)5-6-17(2,3)22/h7-11,24-25H,12H2,1-4H3,(H,21,22);8-12,23-24H,3,6-7H2,1-2H3,(H,20,21);3,6-11,23H,2H2,1H3,(H,21,22);7-11,22H,4H2,1-3H3,(H,19,20)/i;;;8D,9D. The highest BCUT2D eigenvalue weighted by Crippen LogP contribution is 2.35. The second-order valence-electron chi connectivity index (χ2n) is 24.8. The summed E-state index contributed by atoms with van der Waals surface area (Å²) in [4.78, 5) is 21.6. The largest absolute Gasteiger partial charge is 0.396 e. The van der Waals surface area contributed by atoms with Crippen molar-refractivity contribution >= 4 is 49.6 Å². The van der Waals surface area contributed by atoms with Gasteiger partial charge < -0.3 is 44.3 Å². The zero-order valence-electron chi connectivity index (χ0n) is 56.2.